The molecule has 1 N–H and O–H groups in total. The molecular weight excluding hydrogens is 286 g/mol. The lowest BCUT2D eigenvalue weighted by atomic mass is 10.2. The van der Waals surface area contributed by atoms with Gasteiger partial charge in [0.1, 0.15) is 0 Å². The maximum Gasteiger partial charge on any atom is 0.274 e. The first kappa shape index (κ1) is 13.9. The van der Waals surface area contributed by atoms with Gasteiger partial charge >= 0.3 is 0 Å². The number of aliphatic hydroxyl groups is 1. The fourth-order valence-corrected chi connectivity index (χ4v) is 2.58. The Labute approximate surface area is 119 Å². The smallest absolute Gasteiger partial charge is 0.274 e. The van der Waals surface area contributed by atoms with Gasteiger partial charge in [-0.25, -0.2) is 0 Å². The first-order valence-electron chi connectivity index (χ1n) is 5.42. The Balaban J connectivity index is 2.26. The number of hydrogen-bond acceptors (Lipinski definition) is 4. The number of nitro benzene ring substituents is 1. The number of halogens is 1. The van der Waals surface area contributed by atoms with Gasteiger partial charge in [0.25, 0.3) is 5.69 Å². The van der Waals surface area contributed by atoms with Gasteiger partial charge in [0.05, 0.1) is 17.1 Å². The fourth-order valence-electron chi connectivity index (χ4n) is 1.57. The summed E-state index contributed by atoms with van der Waals surface area (Å²) in [4.78, 5) is 12.1. The summed E-state index contributed by atoms with van der Waals surface area (Å²) < 4.78 is 0. The van der Waals surface area contributed by atoms with Gasteiger partial charge < -0.3 is 5.11 Å². The van der Waals surface area contributed by atoms with E-state index in [0.29, 0.717) is 10.6 Å². The lowest BCUT2D eigenvalue weighted by Crippen LogP contribution is -1.95. The largest absolute Gasteiger partial charge is 0.391 e. The van der Waals surface area contributed by atoms with Gasteiger partial charge in [-0.2, -0.15) is 0 Å². The number of benzene rings is 2. The van der Waals surface area contributed by atoms with Crippen molar-refractivity contribution in [2.45, 2.75) is 16.4 Å². The first-order chi connectivity index (χ1) is 9.10. The topological polar surface area (TPSA) is 63.4 Å². The van der Waals surface area contributed by atoms with Crippen LogP contribution in [0, 0.1) is 10.1 Å². The van der Waals surface area contributed by atoms with E-state index in [1.165, 1.54) is 17.8 Å². The number of aliphatic hydroxyl groups excluding tert-OH is 1. The molecule has 0 aliphatic heterocycles. The van der Waals surface area contributed by atoms with Gasteiger partial charge in [-0.15, -0.1) is 0 Å². The molecule has 0 aromatic heterocycles. The third kappa shape index (κ3) is 3.47. The molecule has 0 aliphatic carbocycles. The minimum absolute atomic E-state index is 0.0667. The normalized spacial score (nSPS) is 10.4. The van der Waals surface area contributed by atoms with E-state index in [2.05, 4.69) is 0 Å². The van der Waals surface area contributed by atoms with Gasteiger partial charge in [0.15, 0.2) is 0 Å². The number of nitrogens with zero attached hydrogens (tertiary/aromatic N) is 1. The van der Waals surface area contributed by atoms with Gasteiger partial charge in [-0.05, 0) is 36.4 Å². The third-order valence-corrected chi connectivity index (χ3v) is 3.72. The Morgan fingerprint density at radius 2 is 1.79 bits per heavy atom. The molecule has 0 saturated heterocycles. The van der Waals surface area contributed by atoms with Crippen molar-refractivity contribution in [3.05, 3.63) is 63.2 Å². The molecule has 19 heavy (non-hydrogen) atoms. The van der Waals surface area contributed by atoms with Crippen LogP contribution in [0.4, 0.5) is 5.69 Å². The molecule has 0 atom stereocenters. The van der Waals surface area contributed by atoms with Gasteiger partial charge in [0, 0.05) is 20.9 Å². The molecule has 2 aromatic rings. The van der Waals surface area contributed by atoms with E-state index in [0.717, 1.165) is 9.79 Å². The first-order valence-corrected chi connectivity index (χ1v) is 6.61. The monoisotopic (exact) mass is 295 g/mol. The van der Waals surface area contributed by atoms with Crippen molar-refractivity contribution >= 4 is 29.1 Å². The second-order valence-electron chi connectivity index (χ2n) is 3.76. The Kier molecular flexibility index (Phi) is 4.42. The predicted octanol–water partition coefficient (Wildman–Crippen LogP) is 3.89. The Morgan fingerprint density at radius 1 is 1.16 bits per heavy atom. The predicted molar refractivity (Wildman–Crippen MR) is 74.6 cm³/mol. The number of nitro groups is 1. The third-order valence-electron chi connectivity index (χ3n) is 2.47. The summed E-state index contributed by atoms with van der Waals surface area (Å²) in [5.74, 6) is 0. The van der Waals surface area contributed by atoms with Crippen LogP contribution in [-0.4, -0.2) is 10.0 Å². The molecule has 2 aromatic carbocycles. The van der Waals surface area contributed by atoms with Crippen LogP contribution in [0.2, 0.25) is 5.02 Å². The molecule has 2 rings (SSSR count). The zero-order valence-electron chi connectivity index (χ0n) is 9.75. The van der Waals surface area contributed by atoms with Crippen LogP contribution in [0.1, 0.15) is 5.56 Å². The van der Waals surface area contributed by atoms with Crippen molar-refractivity contribution in [2.75, 3.05) is 0 Å². The molecule has 0 aliphatic rings. The lowest BCUT2D eigenvalue weighted by Gasteiger charge is -2.04. The fraction of sp³-hybridized carbons (Fsp3) is 0.0769. The van der Waals surface area contributed by atoms with Crippen LogP contribution >= 0.6 is 23.4 Å². The summed E-state index contributed by atoms with van der Waals surface area (Å²) in [5.41, 5.74) is 0.243. The average Bonchev–Trinajstić information content (AvgIpc) is 2.41. The Bertz CT molecular complexity index is 601. The summed E-state index contributed by atoms with van der Waals surface area (Å²) in [6.45, 7) is -0.356. The van der Waals surface area contributed by atoms with Crippen LogP contribution in [-0.2, 0) is 6.61 Å². The molecule has 0 spiro atoms. The van der Waals surface area contributed by atoms with Crippen molar-refractivity contribution in [1.29, 1.82) is 0 Å². The highest BCUT2D eigenvalue weighted by molar-refractivity contribution is 7.99. The van der Waals surface area contributed by atoms with Gasteiger partial charge in [-0.3, -0.25) is 10.1 Å². The summed E-state index contributed by atoms with van der Waals surface area (Å²) in [7, 11) is 0. The van der Waals surface area contributed by atoms with Crippen molar-refractivity contribution in [3.63, 3.8) is 0 Å². The highest BCUT2D eigenvalue weighted by Crippen LogP contribution is 2.31. The van der Waals surface area contributed by atoms with Crippen molar-refractivity contribution in [3.8, 4) is 0 Å². The maximum absolute atomic E-state index is 10.8. The van der Waals surface area contributed by atoms with Gasteiger partial charge in [-0.1, -0.05) is 23.4 Å². The van der Waals surface area contributed by atoms with E-state index in [-0.39, 0.29) is 12.3 Å². The molecule has 0 fully saturated rings. The van der Waals surface area contributed by atoms with E-state index >= 15 is 0 Å². The number of hydrogen-bond donors (Lipinski definition) is 1. The van der Waals surface area contributed by atoms with Crippen LogP contribution in [0.15, 0.2) is 52.3 Å². The summed E-state index contributed by atoms with van der Waals surface area (Å²) >= 11 is 7.25. The molecule has 0 unspecified atom stereocenters. The molecular formula is C13H10ClNO3S. The average molecular weight is 296 g/mol. The second kappa shape index (κ2) is 6.06. The molecule has 0 amide bonds. The molecule has 98 valence electrons. The highest BCUT2D eigenvalue weighted by Gasteiger charge is 2.13. The zero-order valence-corrected chi connectivity index (χ0v) is 11.3. The van der Waals surface area contributed by atoms with Crippen molar-refractivity contribution in [1.82, 2.24) is 0 Å². The SMILES string of the molecule is O=[N+]([O-])c1ccc(Sc2ccc(Cl)cc2)cc1CO. The van der Waals surface area contributed by atoms with E-state index in [1.807, 2.05) is 12.1 Å². The quantitative estimate of drug-likeness (QED) is 0.686. The number of rotatable bonds is 4. The summed E-state index contributed by atoms with van der Waals surface area (Å²) in [5, 5.41) is 20.6. The van der Waals surface area contributed by atoms with E-state index in [1.54, 1.807) is 24.3 Å². The van der Waals surface area contributed by atoms with Crippen LogP contribution in [0.5, 0.6) is 0 Å². The Hall–Kier alpha value is -1.56. The summed E-state index contributed by atoms with van der Waals surface area (Å²) in [6, 6.07) is 12.0. The molecule has 0 radical (unpaired) electrons. The molecule has 0 heterocycles. The lowest BCUT2D eigenvalue weighted by molar-refractivity contribution is -0.385. The Morgan fingerprint density at radius 3 is 2.37 bits per heavy atom. The zero-order chi connectivity index (χ0) is 13.8. The molecule has 6 heteroatoms. The second-order valence-corrected chi connectivity index (χ2v) is 5.35. The maximum atomic E-state index is 10.8. The van der Waals surface area contributed by atoms with E-state index in [4.69, 9.17) is 16.7 Å². The van der Waals surface area contributed by atoms with Crippen LogP contribution < -0.4 is 0 Å². The summed E-state index contributed by atoms with van der Waals surface area (Å²) in [6.07, 6.45) is 0. The van der Waals surface area contributed by atoms with Crippen molar-refractivity contribution in [2.24, 2.45) is 0 Å². The van der Waals surface area contributed by atoms with Gasteiger partial charge in [0.2, 0.25) is 0 Å². The molecule has 0 bridgehead atoms. The highest BCUT2D eigenvalue weighted by atomic mass is 35.5. The minimum Gasteiger partial charge on any atom is -0.391 e. The van der Waals surface area contributed by atoms with Crippen LogP contribution in [0.3, 0.4) is 0 Å². The minimum atomic E-state index is -0.498. The van der Waals surface area contributed by atoms with E-state index in [9.17, 15) is 10.1 Å². The van der Waals surface area contributed by atoms with E-state index < -0.39 is 4.92 Å². The van der Waals surface area contributed by atoms with Crippen LogP contribution in [0.25, 0.3) is 0 Å². The van der Waals surface area contributed by atoms with Crippen molar-refractivity contribution < 1.29 is 10.0 Å². The molecule has 0 saturated carbocycles. The molecule has 4 nitrogen and oxygen atoms in total. The standard InChI is InChI=1S/C13H10ClNO3S/c14-10-1-3-11(4-2-10)19-12-5-6-13(15(17)18)9(7-12)8-16/h1-7,16H,8H2.